The third-order valence-corrected chi connectivity index (χ3v) is 3.32. The van der Waals surface area contributed by atoms with Gasteiger partial charge < -0.3 is 4.90 Å². The number of rotatable bonds is 2. The highest BCUT2D eigenvalue weighted by Crippen LogP contribution is 2.28. The standard InChI is InChI=1S/C11H20FNO/c1-8(2)11(4,12)10(14)13-7-5-6-9(13)3/h8-9H,5-7H2,1-4H3. The lowest BCUT2D eigenvalue weighted by molar-refractivity contribution is -0.146. The van der Waals surface area contributed by atoms with Crippen LogP contribution in [0, 0.1) is 5.92 Å². The molecule has 0 aromatic carbocycles. The molecule has 1 rings (SSSR count). The number of likely N-dealkylation sites (tertiary alicyclic amines) is 1. The number of carbonyl (C=O) groups is 1. The lowest BCUT2D eigenvalue weighted by Gasteiger charge is -2.31. The zero-order chi connectivity index (χ0) is 10.9. The van der Waals surface area contributed by atoms with Gasteiger partial charge in [-0.2, -0.15) is 0 Å². The Morgan fingerprint density at radius 2 is 2.14 bits per heavy atom. The molecule has 2 unspecified atom stereocenters. The maximum absolute atomic E-state index is 14.0. The molecule has 3 heteroatoms. The van der Waals surface area contributed by atoms with E-state index in [1.807, 2.05) is 6.92 Å². The van der Waals surface area contributed by atoms with Gasteiger partial charge in [-0.25, -0.2) is 4.39 Å². The molecule has 2 atom stereocenters. The molecule has 0 aromatic heterocycles. The summed E-state index contributed by atoms with van der Waals surface area (Å²) in [4.78, 5) is 13.6. The monoisotopic (exact) mass is 201 g/mol. The summed E-state index contributed by atoms with van der Waals surface area (Å²) < 4.78 is 14.0. The van der Waals surface area contributed by atoms with Gasteiger partial charge >= 0.3 is 0 Å². The molecular formula is C11H20FNO. The van der Waals surface area contributed by atoms with Gasteiger partial charge in [0.1, 0.15) is 0 Å². The zero-order valence-electron chi connectivity index (χ0n) is 9.51. The molecule has 82 valence electrons. The summed E-state index contributed by atoms with van der Waals surface area (Å²) in [5.41, 5.74) is -1.71. The molecule has 0 N–H and O–H groups in total. The number of halogens is 1. The minimum Gasteiger partial charge on any atom is -0.337 e. The van der Waals surface area contributed by atoms with Gasteiger partial charge in [-0.15, -0.1) is 0 Å². The Bertz CT molecular complexity index is 225. The molecule has 1 aliphatic rings. The fourth-order valence-corrected chi connectivity index (χ4v) is 1.76. The quantitative estimate of drug-likeness (QED) is 0.671. The van der Waals surface area contributed by atoms with Gasteiger partial charge in [0.15, 0.2) is 5.67 Å². The predicted octanol–water partition coefficient (Wildman–Crippen LogP) is 2.38. The second kappa shape index (κ2) is 3.87. The summed E-state index contributed by atoms with van der Waals surface area (Å²) in [6, 6.07) is 0.205. The van der Waals surface area contributed by atoms with E-state index in [4.69, 9.17) is 0 Å². The zero-order valence-corrected chi connectivity index (χ0v) is 9.51. The Hall–Kier alpha value is -0.600. The van der Waals surface area contributed by atoms with Crippen molar-refractivity contribution in [2.45, 2.75) is 52.2 Å². The molecule has 14 heavy (non-hydrogen) atoms. The van der Waals surface area contributed by atoms with E-state index in [1.54, 1.807) is 18.7 Å². The van der Waals surface area contributed by atoms with E-state index < -0.39 is 5.67 Å². The molecule has 1 heterocycles. The number of nitrogens with zero attached hydrogens (tertiary/aromatic N) is 1. The normalized spacial score (nSPS) is 26.7. The SMILES string of the molecule is CC1CCCN1C(=O)C(C)(F)C(C)C. The van der Waals surface area contributed by atoms with Crippen LogP contribution in [0.2, 0.25) is 0 Å². The van der Waals surface area contributed by atoms with Crippen LogP contribution < -0.4 is 0 Å². The lowest BCUT2D eigenvalue weighted by atomic mass is 9.93. The van der Waals surface area contributed by atoms with Crippen molar-refractivity contribution in [2.75, 3.05) is 6.54 Å². The van der Waals surface area contributed by atoms with Crippen molar-refractivity contribution in [3.05, 3.63) is 0 Å². The second-order valence-electron chi connectivity index (χ2n) is 4.72. The highest BCUT2D eigenvalue weighted by molar-refractivity contribution is 5.85. The lowest BCUT2D eigenvalue weighted by Crippen LogP contribution is -2.48. The van der Waals surface area contributed by atoms with Crippen LogP contribution in [0.25, 0.3) is 0 Å². The first-order chi connectivity index (χ1) is 6.37. The van der Waals surface area contributed by atoms with Crippen molar-refractivity contribution in [1.29, 1.82) is 0 Å². The van der Waals surface area contributed by atoms with Gasteiger partial charge in [-0.05, 0) is 32.6 Å². The summed E-state index contributed by atoms with van der Waals surface area (Å²) >= 11 is 0. The average molecular weight is 201 g/mol. The van der Waals surface area contributed by atoms with E-state index in [0.29, 0.717) is 6.54 Å². The van der Waals surface area contributed by atoms with E-state index in [2.05, 4.69) is 0 Å². The Labute approximate surface area is 85.5 Å². The van der Waals surface area contributed by atoms with Gasteiger partial charge in [0, 0.05) is 12.6 Å². The van der Waals surface area contributed by atoms with Crippen LogP contribution >= 0.6 is 0 Å². The molecule has 1 saturated heterocycles. The molecule has 0 saturated carbocycles. The largest absolute Gasteiger partial charge is 0.337 e. The Kier molecular flexibility index (Phi) is 3.17. The van der Waals surface area contributed by atoms with Gasteiger partial charge in [0.25, 0.3) is 5.91 Å². The van der Waals surface area contributed by atoms with Crippen LogP contribution in [0.4, 0.5) is 4.39 Å². The average Bonchev–Trinajstić information content (AvgIpc) is 2.49. The highest BCUT2D eigenvalue weighted by Gasteiger charge is 2.42. The maximum Gasteiger partial charge on any atom is 0.260 e. The molecule has 0 spiro atoms. The molecule has 1 amide bonds. The predicted molar refractivity (Wildman–Crippen MR) is 54.8 cm³/mol. The molecule has 0 bridgehead atoms. The smallest absolute Gasteiger partial charge is 0.260 e. The summed E-state index contributed by atoms with van der Waals surface area (Å²) in [6.07, 6.45) is 2.00. The van der Waals surface area contributed by atoms with Crippen LogP contribution in [0.3, 0.4) is 0 Å². The number of carbonyl (C=O) groups excluding carboxylic acids is 1. The molecule has 0 radical (unpaired) electrons. The van der Waals surface area contributed by atoms with Gasteiger partial charge in [0.05, 0.1) is 0 Å². The highest BCUT2D eigenvalue weighted by atomic mass is 19.1. The second-order valence-corrected chi connectivity index (χ2v) is 4.72. The third-order valence-electron chi connectivity index (χ3n) is 3.32. The number of hydrogen-bond donors (Lipinski definition) is 0. The van der Waals surface area contributed by atoms with Gasteiger partial charge in [-0.1, -0.05) is 13.8 Å². The van der Waals surface area contributed by atoms with E-state index >= 15 is 0 Å². The molecule has 0 aliphatic carbocycles. The fraction of sp³-hybridized carbons (Fsp3) is 0.909. The van der Waals surface area contributed by atoms with Crippen molar-refractivity contribution in [2.24, 2.45) is 5.92 Å². The summed E-state index contributed by atoms with van der Waals surface area (Å²) in [5.74, 6) is -0.597. The molecule has 1 aliphatic heterocycles. The maximum atomic E-state index is 14.0. The van der Waals surface area contributed by atoms with Crippen LogP contribution in [-0.4, -0.2) is 29.1 Å². The number of amides is 1. The Morgan fingerprint density at radius 3 is 2.50 bits per heavy atom. The topological polar surface area (TPSA) is 20.3 Å². The van der Waals surface area contributed by atoms with Crippen molar-refractivity contribution >= 4 is 5.91 Å². The Morgan fingerprint density at radius 1 is 1.57 bits per heavy atom. The van der Waals surface area contributed by atoms with Gasteiger partial charge in [-0.3, -0.25) is 4.79 Å². The third kappa shape index (κ3) is 1.91. The first-order valence-electron chi connectivity index (χ1n) is 5.37. The Balaban J connectivity index is 2.73. The summed E-state index contributed by atoms with van der Waals surface area (Å²) in [7, 11) is 0. The molecular weight excluding hydrogens is 181 g/mol. The molecule has 1 fully saturated rings. The minimum atomic E-state index is -1.71. The number of alkyl halides is 1. The minimum absolute atomic E-state index is 0.205. The van der Waals surface area contributed by atoms with E-state index in [0.717, 1.165) is 12.8 Å². The first-order valence-corrected chi connectivity index (χ1v) is 5.37. The van der Waals surface area contributed by atoms with E-state index in [1.165, 1.54) is 6.92 Å². The van der Waals surface area contributed by atoms with Gasteiger partial charge in [0.2, 0.25) is 0 Å². The molecule has 2 nitrogen and oxygen atoms in total. The van der Waals surface area contributed by atoms with Crippen molar-refractivity contribution in [1.82, 2.24) is 4.90 Å². The summed E-state index contributed by atoms with van der Waals surface area (Å²) in [6.45, 7) is 7.59. The van der Waals surface area contributed by atoms with Crippen molar-refractivity contribution in [3.63, 3.8) is 0 Å². The van der Waals surface area contributed by atoms with Crippen molar-refractivity contribution < 1.29 is 9.18 Å². The van der Waals surface area contributed by atoms with Crippen LogP contribution in [-0.2, 0) is 4.79 Å². The van der Waals surface area contributed by atoms with Crippen molar-refractivity contribution in [3.8, 4) is 0 Å². The van der Waals surface area contributed by atoms with Crippen LogP contribution in [0.15, 0.2) is 0 Å². The van der Waals surface area contributed by atoms with E-state index in [-0.39, 0.29) is 17.9 Å². The fourth-order valence-electron chi connectivity index (χ4n) is 1.76. The van der Waals surface area contributed by atoms with Crippen LogP contribution in [0.1, 0.15) is 40.5 Å². The van der Waals surface area contributed by atoms with Crippen LogP contribution in [0.5, 0.6) is 0 Å². The van der Waals surface area contributed by atoms with E-state index in [9.17, 15) is 9.18 Å². The summed E-state index contributed by atoms with van der Waals surface area (Å²) in [5, 5.41) is 0. The molecule has 0 aromatic rings. The first kappa shape index (κ1) is 11.5. The number of hydrogen-bond acceptors (Lipinski definition) is 1.